The molecule has 2 heterocycles. The Hall–Kier alpha value is -3.61. The third-order valence-corrected chi connectivity index (χ3v) is 7.15. The third-order valence-electron chi connectivity index (χ3n) is 6.59. The normalized spacial score (nSPS) is 16.7. The molecule has 1 atom stereocenters. The van der Waals surface area contributed by atoms with Crippen molar-refractivity contribution >= 4 is 41.0 Å². The molecule has 1 unspecified atom stereocenters. The molecule has 0 saturated carbocycles. The highest BCUT2D eigenvalue weighted by Gasteiger charge is 2.35. The zero-order valence-corrected chi connectivity index (χ0v) is 21.4. The van der Waals surface area contributed by atoms with Crippen LogP contribution in [0.1, 0.15) is 44.2 Å². The van der Waals surface area contributed by atoms with Crippen molar-refractivity contribution < 1.29 is 19.1 Å². The number of hydrogen-bond donors (Lipinski definition) is 0. The van der Waals surface area contributed by atoms with Gasteiger partial charge in [-0.3, -0.25) is 14.5 Å². The molecule has 37 heavy (non-hydrogen) atoms. The number of halogens is 2. The first-order valence-electron chi connectivity index (χ1n) is 12.0. The highest BCUT2D eigenvalue weighted by molar-refractivity contribution is 6.35. The lowest BCUT2D eigenvalue weighted by molar-refractivity contribution is -0.142. The predicted octanol–water partition coefficient (Wildman–Crippen LogP) is 5.71. The molecule has 0 N–H and O–H groups in total. The molecular formula is C29H24Cl2N2O4. The highest BCUT2D eigenvalue weighted by atomic mass is 35.5. The summed E-state index contributed by atoms with van der Waals surface area (Å²) in [4.78, 5) is 41.7. The van der Waals surface area contributed by atoms with Crippen molar-refractivity contribution in [2.45, 2.75) is 18.9 Å². The van der Waals surface area contributed by atoms with Gasteiger partial charge in [0.2, 0.25) is 0 Å². The number of rotatable bonds is 8. The van der Waals surface area contributed by atoms with Crippen LogP contribution in [-0.4, -0.2) is 47.2 Å². The van der Waals surface area contributed by atoms with E-state index in [2.05, 4.69) is 0 Å². The Morgan fingerprint density at radius 2 is 1.57 bits per heavy atom. The summed E-state index contributed by atoms with van der Waals surface area (Å²) in [6.45, 7) is 1.38. The topological polar surface area (TPSA) is 66.9 Å². The largest absolute Gasteiger partial charge is 0.456 e. The molecule has 3 aromatic carbocycles. The van der Waals surface area contributed by atoms with E-state index in [1.54, 1.807) is 36.4 Å². The van der Waals surface area contributed by atoms with Crippen LogP contribution < -0.4 is 0 Å². The molecule has 3 aromatic rings. The quantitative estimate of drug-likeness (QED) is 0.273. The maximum atomic E-state index is 13.1. The molecule has 188 valence electrons. The van der Waals surface area contributed by atoms with Crippen molar-refractivity contribution in [3.8, 4) is 0 Å². The number of nitrogens with zero attached hydrogens (tertiary/aromatic N) is 2. The van der Waals surface area contributed by atoms with Crippen molar-refractivity contribution in [3.05, 3.63) is 117 Å². The fourth-order valence-corrected chi connectivity index (χ4v) is 5.29. The third kappa shape index (κ3) is 5.26. The van der Waals surface area contributed by atoms with Crippen LogP contribution in [0.3, 0.4) is 0 Å². The van der Waals surface area contributed by atoms with Crippen molar-refractivity contribution in [2.24, 2.45) is 0 Å². The van der Waals surface area contributed by atoms with E-state index >= 15 is 0 Å². The molecule has 0 bridgehead atoms. The number of ether oxygens (including phenoxy) is 1. The van der Waals surface area contributed by atoms with Gasteiger partial charge in [0.1, 0.15) is 12.3 Å². The summed E-state index contributed by atoms with van der Waals surface area (Å²) < 4.78 is 5.61. The van der Waals surface area contributed by atoms with Crippen LogP contribution in [0, 0.1) is 0 Å². The maximum Gasteiger partial charge on any atom is 0.354 e. The number of carbonyl (C=O) groups excluding carboxylic acids is 3. The number of amides is 2. The lowest BCUT2D eigenvalue weighted by atomic mass is 10.00. The SMILES string of the molecule is O=C(OCc1ccccc1)C1=CC(c2ccc(Cl)cc2Cl)CN1CCCN1C(=O)c2ccccc2C1=O. The van der Waals surface area contributed by atoms with Crippen LogP contribution in [0.5, 0.6) is 0 Å². The number of benzene rings is 3. The second kappa shape index (κ2) is 10.8. The first-order valence-corrected chi connectivity index (χ1v) is 12.8. The zero-order valence-electron chi connectivity index (χ0n) is 19.9. The van der Waals surface area contributed by atoms with E-state index in [0.29, 0.717) is 46.4 Å². The van der Waals surface area contributed by atoms with Crippen molar-refractivity contribution in [3.63, 3.8) is 0 Å². The summed E-state index contributed by atoms with van der Waals surface area (Å²) in [5.41, 5.74) is 3.05. The minimum Gasteiger partial charge on any atom is -0.456 e. The molecule has 8 heteroatoms. The van der Waals surface area contributed by atoms with Gasteiger partial charge in [-0.1, -0.05) is 71.7 Å². The van der Waals surface area contributed by atoms with Crippen molar-refractivity contribution in [1.82, 2.24) is 9.80 Å². The van der Waals surface area contributed by atoms with Crippen molar-refractivity contribution in [2.75, 3.05) is 19.6 Å². The van der Waals surface area contributed by atoms with Crippen LogP contribution in [-0.2, 0) is 16.1 Å². The molecule has 0 spiro atoms. The molecule has 2 aliphatic heterocycles. The van der Waals surface area contributed by atoms with Crippen LogP contribution in [0.25, 0.3) is 0 Å². The number of fused-ring (bicyclic) bond motifs is 1. The van der Waals surface area contributed by atoms with Crippen molar-refractivity contribution in [1.29, 1.82) is 0 Å². The molecular weight excluding hydrogens is 511 g/mol. The standard InChI is InChI=1S/C29H24Cl2N2O4/c30-21-11-12-22(25(31)16-21)20-15-26(29(36)37-18-19-7-2-1-3-8-19)32(17-20)13-6-14-33-27(34)23-9-4-5-10-24(23)28(33)35/h1-5,7-12,15-16,20H,6,13-14,17-18H2. The molecule has 6 nitrogen and oxygen atoms in total. The predicted molar refractivity (Wildman–Crippen MR) is 142 cm³/mol. The first kappa shape index (κ1) is 25.1. The Labute approximate surface area is 225 Å². The van der Waals surface area contributed by atoms with Crippen LogP contribution >= 0.6 is 23.2 Å². The number of carbonyl (C=O) groups is 3. The van der Waals surface area contributed by atoms with Gasteiger partial charge in [-0.25, -0.2) is 4.79 Å². The van der Waals surface area contributed by atoms with E-state index in [1.807, 2.05) is 47.4 Å². The Morgan fingerprint density at radius 1 is 0.892 bits per heavy atom. The van der Waals surface area contributed by atoms with Gasteiger partial charge in [-0.15, -0.1) is 0 Å². The average molecular weight is 535 g/mol. The monoisotopic (exact) mass is 534 g/mol. The molecule has 0 fully saturated rings. The van der Waals surface area contributed by atoms with E-state index < -0.39 is 5.97 Å². The van der Waals surface area contributed by atoms with Crippen LogP contribution in [0.2, 0.25) is 10.0 Å². The Kier molecular flexibility index (Phi) is 7.31. The summed E-state index contributed by atoms with van der Waals surface area (Å²) in [6.07, 6.45) is 2.36. The molecule has 5 rings (SSSR count). The summed E-state index contributed by atoms with van der Waals surface area (Å²) in [6, 6.07) is 21.6. The Morgan fingerprint density at radius 3 is 2.24 bits per heavy atom. The van der Waals surface area contributed by atoms with Gasteiger partial charge >= 0.3 is 5.97 Å². The van der Waals surface area contributed by atoms with E-state index in [1.165, 1.54) is 4.90 Å². The van der Waals surface area contributed by atoms with E-state index in [4.69, 9.17) is 27.9 Å². The zero-order chi connectivity index (χ0) is 25.9. The van der Waals surface area contributed by atoms with Gasteiger partial charge in [0, 0.05) is 35.6 Å². The van der Waals surface area contributed by atoms with E-state index in [0.717, 1.165) is 11.1 Å². The second-order valence-corrected chi connectivity index (χ2v) is 9.84. The summed E-state index contributed by atoms with van der Waals surface area (Å²) in [7, 11) is 0. The van der Waals surface area contributed by atoms with Gasteiger partial charge in [0.25, 0.3) is 11.8 Å². The minimum absolute atomic E-state index is 0.136. The lowest BCUT2D eigenvalue weighted by Gasteiger charge is -2.24. The van der Waals surface area contributed by atoms with E-state index in [-0.39, 0.29) is 30.9 Å². The summed E-state index contributed by atoms with van der Waals surface area (Å²) >= 11 is 12.5. The van der Waals surface area contributed by atoms with Gasteiger partial charge < -0.3 is 9.64 Å². The number of esters is 1. The van der Waals surface area contributed by atoms with Gasteiger partial charge in [0.05, 0.1) is 11.1 Å². The Bertz CT molecular complexity index is 1350. The van der Waals surface area contributed by atoms with Gasteiger partial charge in [-0.05, 0) is 47.9 Å². The van der Waals surface area contributed by atoms with Crippen LogP contribution in [0.15, 0.2) is 84.6 Å². The van der Waals surface area contributed by atoms with Crippen LogP contribution in [0.4, 0.5) is 0 Å². The fraction of sp³-hybridized carbons (Fsp3) is 0.207. The summed E-state index contributed by atoms with van der Waals surface area (Å²) in [5.74, 6) is -1.14. The van der Waals surface area contributed by atoms with Gasteiger partial charge in [0.15, 0.2) is 0 Å². The summed E-state index contributed by atoms with van der Waals surface area (Å²) in [5, 5.41) is 1.06. The number of hydrogen-bond acceptors (Lipinski definition) is 5. The molecule has 2 amide bonds. The molecule has 0 saturated heterocycles. The Balaban J connectivity index is 1.29. The van der Waals surface area contributed by atoms with E-state index in [9.17, 15) is 14.4 Å². The minimum atomic E-state index is -0.433. The molecule has 2 aliphatic rings. The lowest BCUT2D eigenvalue weighted by Crippen LogP contribution is -2.34. The maximum absolute atomic E-state index is 13.1. The molecule has 0 aromatic heterocycles. The smallest absolute Gasteiger partial charge is 0.354 e. The second-order valence-electron chi connectivity index (χ2n) is 8.99. The first-order chi connectivity index (χ1) is 17.9. The number of imide groups is 1. The molecule has 0 aliphatic carbocycles. The molecule has 0 radical (unpaired) electrons. The fourth-order valence-electron chi connectivity index (χ4n) is 4.74. The highest BCUT2D eigenvalue weighted by Crippen LogP contribution is 2.35. The van der Waals surface area contributed by atoms with Gasteiger partial charge in [-0.2, -0.15) is 0 Å². The average Bonchev–Trinajstić information content (AvgIpc) is 3.43.